The van der Waals surface area contributed by atoms with Crippen LogP contribution in [0.25, 0.3) is 32.9 Å². The molecule has 2 aromatic heterocycles. The van der Waals surface area contributed by atoms with Gasteiger partial charge < -0.3 is 14.7 Å². The summed E-state index contributed by atoms with van der Waals surface area (Å²) in [7, 11) is -3.12. The molecule has 202 valence electrons. The first-order valence-electron chi connectivity index (χ1n) is 13.3. The van der Waals surface area contributed by atoms with Gasteiger partial charge in [0.15, 0.2) is 0 Å². The second-order valence-corrected chi connectivity index (χ2v) is 12.4. The Morgan fingerprint density at radius 3 is 2.60 bits per heavy atom. The molecule has 2 N–H and O–H groups in total. The van der Waals surface area contributed by atoms with Crippen LogP contribution in [0.4, 0.5) is 0 Å². The van der Waals surface area contributed by atoms with Crippen molar-refractivity contribution in [2.45, 2.75) is 19.4 Å². The Morgan fingerprint density at radius 2 is 1.82 bits per heavy atom. The van der Waals surface area contributed by atoms with Gasteiger partial charge in [-0.2, -0.15) is 0 Å². The van der Waals surface area contributed by atoms with E-state index in [1.54, 1.807) is 16.4 Å². The highest BCUT2D eigenvalue weighted by Gasteiger charge is 2.25. The Kier molecular flexibility index (Phi) is 6.70. The maximum Gasteiger partial charge on any atom is 0.336 e. The SMILES string of the molecule is CS(=O)(=O)N1CCC(Cn2ccc3cc(C#Cc4cccc(C(=O)O)c4-c4ccc5cc[nH]c5c4)ccc32)CC1. The Hall–Kier alpha value is -4.32. The number of carboxylic acid groups (broad SMARTS) is 1. The van der Waals surface area contributed by atoms with Gasteiger partial charge in [0.05, 0.1) is 11.8 Å². The van der Waals surface area contributed by atoms with Crippen LogP contribution in [0.5, 0.6) is 0 Å². The Balaban J connectivity index is 1.27. The zero-order valence-electron chi connectivity index (χ0n) is 22.1. The van der Waals surface area contributed by atoms with Crippen LogP contribution >= 0.6 is 0 Å². The number of fused-ring (bicyclic) bond motifs is 2. The van der Waals surface area contributed by atoms with Crippen LogP contribution in [0.15, 0.2) is 79.1 Å². The standard InChI is InChI=1S/C32H29N3O4S/c1-40(38,39)35-17-12-23(13-18-35)21-34-16-14-26-19-22(6-10-30(26)34)5-7-25-3-2-4-28(32(36)37)31(25)27-9-8-24-11-15-33-29(24)20-27/h2-4,6,8-11,14-16,19-20,23,33H,12-13,17-18,21H2,1H3,(H,36,37). The summed E-state index contributed by atoms with van der Waals surface area (Å²) >= 11 is 0. The predicted molar refractivity (Wildman–Crippen MR) is 158 cm³/mol. The Labute approximate surface area is 233 Å². The predicted octanol–water partition coefficient (Wildman–Crippen LogP) is 5.56. The van der Waals surface area contributed by atoms with Gasteiger partial charge in [-0.25, -0.2) is 17.5 Å². The number of rotatable bonds is 5. The molecule has 6 rings (SSSR count). The molecule has 7 nitrogen and oxygen atoms in total. The van der Waals surface area contributed by atoms with Crippen molar-refractivity contribution in [3.05, 3.63) is 95.8 Å². The van der Waals surface area contributed by atoms with E-state index in [9.17, 15) is 18.3 Å². The number of hydrogen-bond acceptors (Lipinski definition) is 3. The molecule has 1 fully saturated rings. The van der Waals surface area contributed by atoms with Crippen LogP contribution in [-0.2, 0) is 16.6 Å². The maximum atomic E-state index is 12.1. The molecule has 1 saturated heterocycles. The number of aromatic amines is 1. The molecule has 8 heteroatoms. The molecule has 0 amide bonds. The zero-order valence-corrected chi connectivity index (χ0v) is 22.9. The molecule has 3 aromatic carbocycles. The number of nitrogens with zero attached hydrogens (tertiary/aromatic N) is 2. The summed E-state index contributed by atoms with van der Waals surface area (Å²) in [5, 5.41) is 12.0. The monoisotopic (exact) mass is 551 g/mol. The molecule has 5 aromatic rings. The number of nitrogens with one attached hydrogen (secondary N) is 1. The van der Waals surface area contributed by atoms with E-state index in [1.165, 1.54) is 6.26 Å². The second-order valence-electron chi connectivity index (χ2n) is 10.4. The Morgan fingerprint density at radius 1 is 1.00 bits per heavy atom. The quantitative estimate of drug-likeness (QED) is 0.280. The van der Waals surface area contributed by atoms with E-state index in [-0.39, 0.29) is 5.56 Å². The van der Waals surface area contributed by atoms with Crippen molar-refractivity contribution in [1.29, 1.82) is 0 Å². The summed E-state index contributed by atoms with van der Waals surface area (Å²) in [5.41, 5.74) is 5.17. The number of hydrogen-bond donors (Lipinski definition) is 2. The third-order valence-corrected chi connectivity index (χ3v) is 9.05. The number of H-pyrrole nitrogens is 1. The van der Waals surface area contributed by atoms with Gasteiger partial charge >= 0.3 is 5.97 Å². The number of benzene rings is 3. The third kappa shape index (κ3) is 5.14. The van der Waals surface area contributed by atoms with Gasteiger partial charge in [0, 0.05) is 65.1 Å². The van der Waals surface area contributed by atoms with Crippen LogP contribution < -0.4 is 0 Å². The van der Waals surface area contributed by atoms with Crippen LogP contribution in [0, 0.1) is 17.8 Å². The van der Waals surface area contributed by atoms with Crippen molar-refractivity contribution in [3.8, 4) is 23.0 Å². The average Bonchev–Trinajstić information content (AvgIpc) is 3.57. The van der Waals surface area contributed by atoms with E-state index in [1.807, 2.05) is 42.6 Å². The summed E-state index contributed by atoms with van der Waals surface area (Å²) in [5.74, 6) is 5.92. The van der Waals surface area contributed by atoms with E-state index in [0.717, 1.165) is 52.3 Å². The molecule has 0 atom stereocenters. The number of piperidine rings is 1. The highest BCUT2D eigenvalue weighted by atomic mass is 32.2. The molecule has 3 heterocycles. The summed E-state index contributed by atoms with van der Waals surface area (Å²) in [6.07, 6.45) is 6.92. The van der Waals surface area contributed by atoms with Crippen molar-refractivity contribution in [2.75, 3.05) is 19.3 Å². The van der Waals surface area contributed by atoms with Gasteiger partial charge in [-0.15, -0.1) is 0 Å². The molecule has 1 aliphatic rings. The molecule has 0 spiro atoms. The van der Waals surface area contributed by atoms with Crippen LogP contribution in [0.1, 0.15) is 34.3 Å². The number of aromatic nitrogens is 2. The first kappa shape index (κ1) is 25.9. The van der Waals surface area contributed by atoms with Crippen LogP contribution in [0.3, 0.4) is 0 Å². The molecule has 0 unspecified atom stereocenters. The molecule has 0 radical (unpaired) electrons. The molecule has 0 saturated carbocycles. The lowest BCUT2D eigenvalue weighted by Crippen LogP contribution is -2.38. The van der Waals surface area contributed by atoms with E-state index in [4.69, 9.17) is 0 Å². The number of carbonyl (C=O) groups is 1. The lowest BCUT2D eigenvalue weighted by Gasteiger charge is -2.30. The summed E-state index contributed by atoms with van der Waals surface area (Å²) in [4.78, 5) is 15.3. The minimum absolute atomic E-state index is 0.215. The minimum Gasteiger partial charge on any atom is -0.478 e. The van der Waals surface area contributed by atoms with E-state index >= 15 is 0 Å². The second kappa shape index (κ2) is 10.3. The molecular formula is C32H29N3O4S. The maximum absolute atomic E-state index is 12.1. The summed E-state index contributed by atoms with van der Waals surface area (Å²) < 4.78 is 27.4. The smallest absolute Gasteiger partial charge is 0.336 e. The fraction of sp³-hybridized carbons (Fsp3) is 0.219. The summed E-state index contributed by atoms with van der Waals surface area (Å²) in [6.45, 7) is 2.00. The third-order valence-electron chi connectivity index (χ3n) is 7.75. The fourth-order valence-electron chi connectivity index (χ4n) is 5.63. The zero-order chi connectivity index (χ0) is 27.9. The van der Waals surface area contributed by atoms with Gasteiger partial charge in [0.25, 0.3) is 0 Å². The molecule has 0 aliphatic carbocycles. The molecular weight excluding hydrogens is 522 g/mol. The normalized spacial score (nSPS) is 14.8. The first-order chi connectivity index (χ1) is 19.3. The van der Waals surface area contributed by atoms with Gasteiger partial charge in [0.1, 0.15) is 0 Å². The van der Waals surface area contributed by atoms with E-state index < -0.39 is 16.0 Å². The minimum atomic E-state index is -3.12. The van der Waals surface area contributed by atoms with Crippen molar-refractivity contribution < 1.29 is 18.3 Å². The number of carboxylic acids is 1. The molecule has 0 bridgehead atoms. The summed E-state index contributed by atoms with van der Waals surface area (Å²) in [6, 6.07) is 21.2. The largest absolute Gasteiger partial charge is 0.478 e. The van der Waals surface area contributed by atoms with Crippen molar-refractivity contribution in [2.24, 2.45) is 5.92 Å². The highest BCUT2D eigenvalue weighted by molar-refractivity contribution is 7.88. The van der Waals surface area contributed by atoms with E-state index in [0.29, 0.717) is 30.1 Å². The van der Waals surface area contributed by atoms with Crippen molar-refractivity contribution in [1.82, 2.24) is 13.9 Å². The van der Waals surface area contributed by atoms with Gasteiger partial charge in [-0.3, -0.25) is 0 Å². The topological polar surface area (TPSA) is 95.4 Å². The number of sulfonamides is 1. The van der Waals surface area contributed by atoms with Crippen LogP contribution in [0.2, 0.25) is 0 Å². The van der Waals surface area contributed by atoms with Gasteiger partial charge in [-0.1, -0.05) is 30.0 Å². The Bertz CT molecular complexity index is 1920. The molecule has 40 heavy (non-hydrogen) atoms. The van der Waals surface area contributed by atoms with Gasteiger partial charge in [0.2, 0.25) is 10.0 Å². The molecule has 1 aliphatic heterocycles. The lowest BCUT2D eigenvalue weighted by molar-refractivity contribution is 0.0697. The van der Waals surface area contributed by atoms with Crippen LogP contribution in [-0.4, -0.2) is 52.7 Å². The average molecular weight is 552 g/mol. The lowest BCUT2D eigenvalue weighted by atomic mass is 9.93. The fourth-order valence-corrected chi connectivity index (χ4v) is 6.50. The first-order valence-corrected chi connectivity index (χ1v) is 15.1. The van der Waals surface area contributed by atoms with E-state index in [2.05, 4.69) is 45.8 Å². The van der Waals surface area contributed by atoms with Crippen molar-refractivity contribution >= 4 is 37.8 Å². The number of aromatic carboxylic acids is 1. The van der Waals surface area contributed by atoms with Crippen molar-refractivity contribution in [3.63, 3.8) is 0 Å². The van der Waals surface area contributed by atoms with Gasteiger partial charge in [-0.05, 0) is 78.2 Å². The highest BCUT2D eigenvalue weighted by Crippen LogP contribution is 2.30.